The van der Waals surface area contributed by atoms with Crippen LogP contribution in [0.1, 0.15) is 18.5 Å². The quantitative estimate of drug-likeness (QED) is 0.548. The molecule has 0 aliphatic carbocycles. The summed E-state index contributed by atoms with van der Waals surface area (Å²) in [5, 5.41) is 15.3. The summed E-state index contributed by atoms with van der Waals surface area (Å²) in [5.74, 6) is -0.0802. The van der Waals surface area contributed by atoms with Crippen LogP contribution in [0.25, 0.3) is 0 Å². The van der Waals surface area contributed by atoms with Crippen LogP contribution in [-0.4, -0.2) is 48.5 Å². The minimum absolute atomic E-state index is 0.00254. The number of halogens is 2. The summed E-state index contributed by atoms with van der Waals surface area (Å²) in [6, 6.07) is 11.9. The van der Waals surface area contributed by atoms with Crippen molar-refractivity contribution in [2.24, 2.45) is 0 Å². The number of nitrogens with one attached hydrogen (secondary N) is 1. The summed E-state index contributed by atoms with van der Waals surface area (Å²) in [6.07, 6.45) is 0. The highest BCUT2D eigenvalue weighted by Gasteiger charge is 2.25. The fourth-order valence-corrected chi connectivity index (χ4v) is 3.92. The number of carbonyl (C=O) groups excluding carboxylic acids is 1. The Hall–Kier alpha value is -2.35. The highest BCUT2D eigenvalue weighted by molar-refractivity contribution is 6.31. The standard InChI is InChI=1S/C20H22Cl2N4O3/c1-14(16-4-2-3-5-17(16)22)23-20(27)13-24-8-10-25(11-9-24)18-7-6-15(21)12-19(18)26(28)29/h2-7,12,14H,8-11,13H2,1H3,(H,23,27). The summed E-state index contributed by atoms with van der Waals surface area (Å²) in [7, 11) is 0. The second-order valence-corrected chi connectivity index (χ2v) is 7.81. The van der Waals surface area contributed by atoms with E-state index in [4.69, 9.17) is 23.2 Å². The number of benzene rings is 2. The van der Waals surface area contributed by atoms with Gasteiger partial charge in [0.05, 0.1) is 17.5 Å². The van der Waals surface area contributed by atoms with Gasteiger partial charge in [0.1, 0.15) is 5.69 Å². The number of nitro benzene ring substituents is 1. The van der Waals surface area contributed by atoms with Crippen molar-refractivity contribution in [1.82, 2.24) is 10.2 Å². The van der Waals surface area contributed by atoms with Crippen molar-refractivity contribution in [3.63, 3.8) is 0 Å². The van der Waals surface area contributed by atoms with Gasteiger partial charge in [-0.2, -0.15) is 0 Å². The maximum Gasteiger partial charge on any atom is 0.294 e. The first-order valence-corrected chi connectivity index (χ1v) is 10.1. The number of carbonyl (C=O) groups is 1. The molecule has 1 unspecified atom stereocenters. The van der Waals surface area contributed by atoms with E-state index in [0.29, 0.717) is 41.9 Å². The molecular weight excluding hydrogens is 415 g/mol. The summed E-state index contributed by atoms with van der Waals surface area (Å²) in [6.45, 7) is 4.62. The number of hydrogen-bond acceptors (Lipinski definition) is 5. The van der Waals surface area contributed by atoms with E-state index in [2.05, 4.69) is 5.32 Å². The molecule has 2 aromatic carbocycles. The van der Waals surface area contributed by atoms with Gasteiger partial charge >= 0.3 is 0 Å². The molecule has 7 nitrogen and oxygen atoms in total. The molecular formula is C20H22Cl2N4O3. The van der Waals surface area contributed by atoms with Crippen molar-refractivity contribution in [1.29, 1.82) is 0 Å². The van der Waals surface area contributed by atoms with Crippen molar-refractivity contribution in [3.05, 3.63) is 68.2 Å². The number of piperazine rings is 1. The third-order valence-corrected chi connectivity index (χ3v) is 5.54. The minimum atomic E-state index is -0.420. The van der Waals surface area contributed by atoms with Crippen LogP contribution in [0, 0.1) is 10.1 Å². The Labute approximate surface area is 179 Å². The van der Waals surface area contributed by atoms with Gasteiger partial charge in [0.25, 0.3) is 5.69 Å². The predicted molar refractivity (Wildman–Crippen MR) is 115 cm³/mol. The zero-order valence-corrected chi connectivity index (χ0v) is 17.5. The third-order valence-electron chi connectivity index (χ3n) is 4.96. The SMILES string of the molecule is CC(NC(=O)CN1CCN(c2ccc(Cl)cc2[N+](=O)[O-])CC1)c1ccccc1Cl. The molecule has 1 amide bonds. The monoisotopic (exact) mass is 436 g/mol. The molecule has 1 aliphatic rings. The molecule has 1 atom stereocenters. The third kappa shape index (κ3) is 5.38. The van der Waals surface area contributed by atoms with E-state index in [0.717, 1.165) is 5.56 Å². The highest BCUT2D eigenvalue weighted by atomic mass is 35.5. The van der Waals surface area contributed by atoms with Gasteiger partial charge in [-0.05, 0) is 30.7 Å². The second kappa shape index (κ2) is 9.43. The van der Waals surface area contributed by atoms with Crippen molar-refractivity contribution in [2.45, 2.75) is 13.0 Å². The fourth-order valence-electron chi connectivity index (χ4n) is 3.45. The van der Waals surface area contributed by atoms with Crippen LogP contribution in [0.5, 0.6) is 0 Å². The molecule has 1 fully saturated rings. The lowest BCUT2D eigenvalue weighted by Gasteiger charge is -2.35. The van der Waals surface area contributed by atoms with E-state index in [9.17, 15) is 14.9 Å². The molecule has 2 aromatic rings. The van der Waals surface area contributed by atoms with Crippen LogP contribution in [0.15, 0.2) is 42.5 Å². The van der Waals surface area contributed by atoms with Gasteiger partial charge in [0.15, 0.2) is 0 Å². The van der Waals surface area contributed by atoms with Crippen LogP contribution < -0.4 is 10.2 Å². The first-order chi connectivity index (χ1) is 13.8. The molecule has 1 N–H and O–H groups in total. The summed E-state index contributed by atoms with van der Waals surface area (Å²) in [4.78, 5) is 27.3. The van der Waals surface area contributed by atoms with Crippen LogP contribution in [-0.2, 0) is 4.79 Å². The van der Waals surface area contributed by atoms with E-state index in [1.54, 1.807) is 18.2 Å². The predicted octanol–water partition coefficient (Wildman–Crippen LogP) is 3.90. The van der Waals surface area contributed by atoms with Crippen LogP contribution >= 0.6 is 23.2 Å². The second-order valence-electron chi connectivity index (χ2n) is 6.96. The Morgan fingerprint density at radius 2 is 1.86 bits per heavy atom. The largest absolute Gasteiger partial charge is 0.363 e. The number of nitrogens with zero attached hydrogens (tertiary/aromatic N) is 3. The topological polar surface area (TPSA) is 78.7 Å². The molecule has 0 aromatic heterocycles. The van der Waals surface area contributed by atoms with E-state index < -0.39 is 4.92 Å². The molecule has 0 saturated carbocycles. The highest BCUT2D eigenvalue weighted by Crippen LogP contribution is 2.31. The molecule has 9 heteroatoms. The Bertz CT molecular complexity index is 901. The normalized spacial score (nSPS) is 15.8. The van der Waals surface area contributed by atoms with Crippen molar-refractivity contribution in [2.75, 3.05) is 37.6 Å². The number of amides is 1. The Balaban J connectivity index is 1.54. The molecule has 1 aliphatic heterocycles. The van der Waals surface area contributed by atoms with Crippen molar-refractivity contribution >= 4 is 40.5 Å². The number of nitro groups is 1. The van der Waals surface area contributed by atoms with Gasteiger partial charge < -0.3 is 10.2 Å². The lowest BCUT2D eigenvalue weighted by molar-refractivity contribution is -0.384. The smallest absolute Gasteiger partial charge is 0.294 e. The van der Waals surface area contributed by atoms with Gasteiger partial charge in [-0.15, -0.1) is 0 Å². The van der Waals surface area contributed by atoms with E-state index in [1.807, 2.05) is 34.9 Å². The Kier molecular flexibility index (Phi) is 6.95. The van der Waals surface area contributed by atoms with Gasteiger partial charge in [0.2, 0.25) is 5.91 Å². The number of anilines is 1. The molecule has 0 radical (unpaired) electrons. The molecule has 29 heavy (non-hydrogen) atoms. The van der Waals surface area contributed by atoms with Crippen LogP contribution in [0.3, 0.4) is 0 Å². The number of hydrogen-bond donors (Lipinski definition) is 1. The van der Waals surface area contributed by atoms with Crippen LogP contribution in [0.4, 0.5) is 11.4 Å². The van der Waals surface area contributed by atoms with E-state index in [-0.39, 0.29) is 24.2 Å². The van der Waals surface area contributed by atoms with Gasteiger partial charge in [-0.3, -0.25) is 19.8 Å². The number of rotatable bonds is 6. The van der Waals surface area contributed by atoms with E-state index in [1.165, 1.54) is 6.07 Å². The summed E-state index contributed by atoms with van der Waals surface area (Å²) >= 11 is 12.1. The zero-order valence-electron chi connectivity index (χ0n) is 16.0. The lowest BCUT2D eigenvalue weighted by atomic mass is 10.1. The lowest BCUT2D eigenvalue weighted by Crippen LogP contribution is -2.49. The molecule has 1 heterocycles. The molecule has 154 valence electrons. The van der Waals surface area contributed by atoms with Gasteiger partial charge in [-0.25, -0.2) is 0 Å². The van der Waals surface area contributed by atoms with Crippen molar-refractivity contribution in [3.8, 4) is 0 Å². The van der Waals surface area contributed by atoms with Gasteiger partial charge in [0, 0.05) is 42.3 Å². The summed E-state index contributed by atoms with van der Waals surface area (Å²) < 4.78 is 0. The first kappa shape index (κ1) is 21.4. The zero-order chi connectivity index (χ0) is 21.0. The van der Waals surface area contributed by atoms with Gasteiger partial charge in [-0.1, -0.05) is 41.4 Å². The Morgan fingerprint density at radius 1 is 1.17 bits per heavy atom. The summed E-state index contributed by atoms with van der Waals surface area (Å²) in [5.41, 5.74) is 1.43. The first-order valence-electron chi connectivity index (χ1n) is 9.30. The maximum absolute atomic E-state index is 12.4. The fraction of sp³-hybridized carbons (Fsp3) is 0.350. The Morgan fingerprint density at radius 3 is 2.52 bits per heavy atom. The molecule has 0 spiro atoms. The average molecular weight is 437 g/mol. The van der Waals surface area contributed by atoms with Crippen molar-refractivity contribution < 1.29 is 9.72 Å². The van der Waals surface area contributed by atoms with E-state index >= 15 is 0 Å². The maximum atomic E-state index is 12.4. The average Bonchev–Trinajstić information content (AvgIpc) is 2.68. The van der Waals surface area contributed by atoms with Crippen LogP contribution in [0.2, 0.25) is 10.0 Å². The minimum Gasteiger partial charge on any atom is -0.363 e. The molecule has 0 bridgehead atoms. The molecule has 1 saturated heterocycles. The molecule has 3 rings (SSSR count).